The number of hydrogen-bond acceptors (Lipinski definition) is 6. The van der Waals surface area contributed by atoms with E-state index in [1.165, 1.54) is 0 Å². The van der Waals surface area contributed by atoms with Crippen molar-refractivity contribution < 1.29 is 16.8 Å². The Kier molecular flexibility index (Phi) is 624. The fourth-order valence-electron chi connectivity index (χ4n) is 0. The van der Waals surface area contributed by atoms with Crippen molar-refractivity contribution in [3.8, 4) is 0 Å². The van der Waals surface area contributed by atoms with Crippen LogP contribution < -0.4 is 0 Å². The minimum atomic E-state index is 0. The van der Waals surface area contributed by atoms with E-state index in [4.69, 9.17) is 71.0 Å². The Hall–Kier alpha value is -2.55. The zero-order valence-electron chi connectivity index (χ0n) is 6.02. The summed E-state index contributed by atoms with van der Waals surface area (Å²) in [6.07, 6.45) is 0. The van der Waals surface area contributed by atoms with Crippen LogP contribution in [0.15, 0.2) is 0 Å². The molecule has 1 radical (unpaired) electrons. The molecule has 0 aromatic heterocycles. The van der Waals surface area contributed by atoms with Crippen molar-refractivity contribution in [2.24, 2.45) is 0 Å². The van der Waals surface area contributed by atoms with E-state index >= 15 is 0 Å². The van der Waals surface area contributed by atoms with Gasteiger partial charge in [-0.1, -0.05) is 0 Å². The zero-order valence-corrected chi connectivity index (χ0v) is 7.06. The number of rotatable bonds is 0. The van der Waals surface area contributed by atoms with Crippen LogP contribution in [0.1, 0.15) is 0 Å². The molecule has 0 aromatic rings. The summed E-state index contributed by atoms with van der Waals surface area (Å²) in [5.41, 5.74) is 0. The normalized spacial score (nSPS) is 0.923. The molecule has 0 aliphatic carbocycles. The molecule has 67 valence electrons. The van der Waals surface area contributed by atoms with Gasteiger partial charge in [0.2, 0.25) is 0 Å². The van der Waals surface area contributed by atoms with E-state index in [9.17, 15) is 0 Å². The van der Waals surface area contributed by atoms with Gasteiger partial charge in [0.1, 0.15) is 0 Å². The van der Waals surface area contributed by atoms with Crippen LogP contribution in [-0.2, 0) is 16.8 Å². The molecule has 0 aliphatic rings. The molecule has 0 heterocycles. The largest absolute Gasteiger partial charge is 2.00 e. The van der Waals surface area contributed by atoms with Gasteiger partial charge in [0, 0.05) is 0 Å². The molecule has 7 heteroatoms. The molecule has 0 bridgehead atoms. The van der Waals surface area contributed by atoms with Gasteiger partial charge in [0.05, 0.1) is 0 Å². The second-order valence-corrected chi connectivity index (χ2v) is 0. The maximum Gasteiger partial charge on any atom is 2.00 e. The van der Waals surface area contributed by atoms with E-state index in [1.54, 1.807) is 0 Å². The summed E-state index contributed by atoms with van der Waals surface area (Å²) in [4.78, 5) is 0. The molecular formula is C6CoN6-4. The second-order valence-electron chi connectivity index (χ2n) is 0. The van der Waals surface area contributed by atoms with E-state index in [2.05, 4.69) is 0 Å². The average Bonchev–Trinajstić information content (AvgIpc) is 2.33. The van der Waals surface area contributed by atoms with Gasteiger partial charge >= 0.3 is 16.8 Å². The summed E-state index contributed by atoms with van der Waals surface area (Å²) in [6.45, 7) is 28.5. The molecule has 0 aromatic carbocycles. The molecule has 0 aliphatic heterocycles. The Morgan fingerprint density at radius 1 is 0.308 bits per heavy atom. The smallest absolute Gasteiger partial charge is 0.512 e. The van der Waals surface area contributed by atoms with Gasteiger partial charge in [-0.05, 0) is 0 Å². The van der Waals surface area contributed by atoms with Gasteiger partial charge in [-0.25, -0.2) is 0 Å². The Labute approximate surface area is 88.3 Å². The van der Waals surface area contributed by atoms with Crippen molar-refractivity contribution in [1.82, 2.24) is 0 Å². The summed E-state index contributed by atoms with van der Waals surface area (Å²) in [7, 11) is 0. The standard InChI is InChI=1S/6CN.Co/c6*1-2;/q6*-1;+2. The number of hydrogen-bond donors (Lipinski definition) is 0. The topological polar surface area (TPSA) is 143 Å². The molecule has 0 spiro atoms. The van der Waals surface area contributed by atoms with Crippen LogP contribution in [0.4, 0.5) is 0 Å². The predicted molar refractivity (Wildman–Crippen MR) is 29.8 cm³/mol. The Morgan fingerprint density at radius 2 is 0.308 bits per heavy atom. The van der Waals surface area contributed by atoms with E-state index < -0.39 is 0 Å². The summed E-state index contributed by atoms with van der Waals surface area (Å²) in [5.74, 6) is 0. The van der Waals surface area contributed by atoms with Crippen molar-refractivity contribution in [2.75, 3.05) is 0 Å². The van der Waals surface area contributed by atoms with Crippen molar-refractivity contribution in [2.45, 2.75) is 0 Å². The van der Waals surface area contributed by atoms with E-state index in [0.29, 0.717) is 0 Å². The zero-order chi connectivity index (χ0) is 12.0. The fraction of sp³-hybridized carbons (Fsp3) is 0. The summed E-state index contributed by atoms with van der Waals surface area (Å²) in [6, 6.07) is 0. The average molecular weight is 215 g/mol. The minimum Gasteiger partial charge on any atom is -0.512 e. The second kappa shape index (κ2) is 103. The third kappa shape index (κ3) is 80.3. The molecule has 13 heavy (non-hydrogen) atoms. The molecule has 6 nitrogen and oxygen atoms in total. The van der Waals surface area contributed by atoms with Gasteiger partial charge < -0.3 is 71.0 Å². The Balaban J connectivity index is -0.00000000655. The summed E-state index contributed by atoms with van der Waals surface area (Å²) in [5, 5.41) is 37.5. The molecular weight excluding hydrogens is 215 g/mol. The van der Waals surface area contributed by atoms with Gasteiger partial charge in [0.15, 0.2) is 0 Å². The minimum absolute atomic E-state index is 0. The van der Waals surface area contributed by atoms with Gasteiger partial charge in [0.25, 0.3) is 0 Å². The SMILES string of the molecule is [C-]#N.[C-]#N.[C-]#N.[C-]#N.[C-]#N.[C-]#N.[Co+2]. The first-order chi connectivity index (χ1) is 6.00. The van der Waals surface area contributed by atoms with E-state index in [-0.39, 0.29) is 16.8 Å². The quantitative estimate of drug-likeness (QED) is 0.540. The van der Waals surface area contributed by atoms with Crippen molar-refractivity contribution in [3.05, 3.63) is 39.4 Å². The monoisotopic (exact) mass is 215 g/mol. The molecule has 0 unspecified atom stereocenters. The van der Waals surface area contributed by atoms with E-state index in [1.807, 2.05) is 0 Å². The van der Waals surface area contributed by atoms with Crippen molar-refractivity contribution in [1.29, 1.82) is 31.6 Å². The van der Waals surface area contributed by atoms with Crippen LogP contribution in [0.5, 0.6) is 0 Å². The van der Waals surface area contributed by atoms with Crippen molar-refractivity contribution >= 4 is 0 Å². The first-order valence-corrected chi connectivity index (χ1v) is 1.34. The number of nitrogens with zero attached hydrogens (tertiary/aromatic N) is 6. The third-order valence-corrected chi connectivity index (χ3v) is 0. The van der Waals surface area contributed by atoms with Gasteiger partial charge in [-0.15, -0.1) is 0 Å². The first kappa shape index (κ1) is 78.5. The first-order valence-electron chi connectivity index (χ1n) is 1.34. The Bertz CT molecular complexity index is 92.1. The van der Waals surface area contributed by atoms with Crippen LogP contribution in [-0.4, -0.2) is 0 Å². The molecule has 0 saturated heterocycles. The fourth-order valence-corrected chi connectivity index (χ4v) is 0. The van der Waals surface area contributed by atoms with Gasteiger partial charge in [-0.2, -0.15) is 0 Å². The van der Waals surface area contributed by atoms with Crippen LogP contribution in [0.2, 0.25) is 0 Å². The molecule has 0 fully saturated rings. The maximum absolute atomic E-state index is 6.25. The molecule has 0 N–H and O–H groups in total. The summed E-state index contributed by atoms with van der Waals surface area (Å²) < 4.78 is 0. The van der Waals surface area contributed by atoms with E-state index in [0.717, 1.165) is 0 Å². The third-order valence-electron chi connectivity index (χ3n) is 0. The Morgan fingerprint density at radius 3 is 0.308 bits per heavy atom. The molecule has 0 amide bonds. The van der Waals surface area contributed by atoms with Gasteiger partial charge in [-0.3, -0.25) is 0 Å². The van der Waals surface area contributed by atoms with Crippen LogP contribution in [0.3, 0.4) is 0 Å². The molecule has 0 atom stereocenters. The van der Waals surface area contributed by atoms with Crippen LogP contribution >= 0.6 is 0 Å². The predicted octanol–water partition coefficient (Wildman–Crippen LogP) is 0.576. The maximum atomic E-state index is 6.25. The molecule has 0 rings (SSSR count). The molecule has 0 saturated carbocycles. The van der Waals surface area contributed by atoms with Crippen LogP contribution in [0.25, 0.3) is 0 Å². The summed E-state index contributed by atoms with van der Waals surface area (Å²) >= 11 is 0. The van der Waals surface area contributed by atoms with Crippen LogP contribution in [0, 0.1) is 71.0 Å². The van der Waals surface area contributed by atoms with Crippen molar-refractivity contribution in [3.63, 3.8) is 0 Å².